The summed E-state index contributed by atoms with van der Waals surface area (Å²) < 4.78 is 13.0. The van der Waals surface area contributed by atoms with E-state index in [1.165, 1.54) is 123 Å². The first-order valence-corrected chi connectivity index (χ1v) is 19.5. The Morgan fingerprint density at radius 3 is 1.10 bits per heavy atom. The molecule has 5 nitrogen and oxygen atoms in total. The maximum Gasteiger partial charge on any atom is 0.337 e. The molecule has 0 saturated carbocycles. The third kappa shape index (κ3) is 16.9. The van der Waals surface area contributed by atoms with Gasteiger partial charge < -0.3 is 23.6 Å². The van der Waals surface area contributed by atoms with Crippen LogP contribution in [0, 0.1) is 5.41 Å². The molecule has 0 amide bonds. The van der Waals surface area contributed by atoms with Crippen molar-refractivity contribution in [1.82, 2.24) is 14.7 Å². The van der Waals surface area contributed by atoms with Crippen LogP contribution in [0.25, 0.3) is 0 Å². The lowest BCUT2D eigenvalue weighted by atomic mass is 9.73. The largest absolute Gasteiger partial charge is 0.394 e. The fourth-order valence-electron chi connectivity index (χ4n) is 6.56. The molecule has 6 heteroatoms. The molecular weight excluding hydrogens is 498 g/mol. The number of rotatable bonds is 29. The maximum absolute atomic E-state index is 6.48. The van der Waals surface area contributed by atoms with Crippen molar-refractivity contribution < 1.29 is 8.85 Å². The van der Waals surface area contributed by atoms with E-state index in [4.69, 9.17) is 8.85 Å². The van der Waals surface area contributed by atoms with Gasteiger partial charge in [0, 0.05) is 13.2 Å². The fraction of sp³-hybridized carbons (Fsp3) is 1.00. The lowest BCUT2D eigenvalue weighted by molar-refractivity contribution is 0.139. The van der Waals surface area contributed by atoms with Gasteiger partial charge in [-0.1, -0.05) is 48.5 Å². The molecule has 0 aliphatic rings. The lowest BCUT2D eigenvalue weighted by Gasteiger charge is -2.39. The van der Waals surface area contributed by atoms with Gasteiger partial charge in [0.2, 0.25) is 0 Å². The van der Waals surface area contributed by atoms with Crippen molar-refractivity contribution in [2.24, 2.45) is 5.41 Å². The van der Waals surface area contributed by atoms with E-state index in [0.29, 0.717) is 5.41 Å². The first-order valence-electron chi connectivity index (χ1n) is 17.3. The van der Waals surface area contributed by atoms with Gasteiger partial charge in [0.05, 0.1) is 0 Å². The quantitative estimate of drug-likeness (QED) is 0.0840. The van der Waals surface area contributed by atoms with Gasteiger partial charge in [0.1, 0.15) is 0 Å². The van der Waals surface area contributed by atoms with E-state index < -0.39 is 8.56 Å². The van der Waals surface area contributed by atoms with E-state index >= 15 is 0 Å². The Morgan fingerprint density at radius 2 is 0.846 bits per heavy atom. The summed E-state index contributed by atoms with van der Waals surface area (Å²) >= 11 is 0. The van der Waals surface area contributed by atoms with Crippen LogP contribution in [0.5, 0.6) is 0 Å². The number of nitrogens with zero attached hydrogens (tertiary/aromatic N) is 3. The van der Waals surface area contributed by atoms with Gasteiger partial charge in [-0.15, -0.1) is 0 Å². The second-order valence-corrected chi connectivity index (χ2v) is 15.3. The summed E-state index contributed by atoms with van der Waals surface area (Å²) in [4.78, 5) is 7.99. The van der Waals surface area contributed by atoms with Gasteiger partial charge in [-0.3, -0.25) is 0 Å². The summed E-state index contributed by atoms with van der Waals surface area (Å²) in [5.74, 6) is 0. The molecular formula is C33H73N3O2Si. The fourth-order valence-corrected chi connectivity index (χ4v) is 9.66. The zero-order chi connectivity index (χ0) is 29.4. The molecule has 0 radical (unpaired) electrons. The zero-order valence-electron chi connectivity index (χ0n) is 28.4. The topological polar surface area (TPSA) is 28.2 Å². The van der Waals surface area contributed by atoms with Gasteiger partial charge in [-0.25, -0.2) is 0 Å². The van der Waals surface area contributed by atoms with Crippen LogP contribution in [0.15, 0.2) is 0 Å². The van der Waals surface area contributed by atoms with Gasteiger partial charge in [-0.05, 0) is 154 Å². The van der Waals surface area contributed by atoms with Crippen LogP contribution in [-0.4, -0.2) is 95.4 Å². The van der Waals surface area contributed by atoms with Gasteiger partial charge in [0.25, 0.3) is 0 Å². The summed E-state index contributed by atoms with van der Waals surface area (Å²) in [5.41, 5.74) is 0.393. The van der Waals surface area contributed by atoms with E-state index in [9.17, 15) is 0 Å². The lowest BCUT2D eigenvalue weighted by Crippen LogP contribution is -2.43. The molecule has 0 atom stereocenters. The Kier molecular flexibility index (Phi) is 24.6. The van der Waals surface area contributed by atoms with E-state index in [2.05, 4.69) is 77.0 Å². The minimum Gasteiger partial charge on any atom is -0.394 e. The highest BCUT2D eigenvalue weighted by Gasteiger charge is 2.39. The number of hydrogen-bond donors (Lipinski definition) is 0. The normalized spacial score (nSPS) is 12.9. The summed E-state index contributed by atoms with van der Waals surface area (Å²) in [6.45, 7) is 33.0. The van der Waals surface area contributed by atoms with Crippen molar-refractivity contribution in [2.75, 3.05) is 72.1 Å². The predicted octanol–water partition coefficient (Wildman–Crippen LogP) is 8.43. The smallest absolute Gasteiger partial charge is 0.337 e. The van der Waals surface area contributed by atoms with Crippen molar-refractivity contribution in [3.63, 3.8) is 0 Å². The second kappa shape index (κ2) is 24.6. The molecule has 0 spiro atoms. The first-order chi connectivity index (χ1) is 18.9. The monoisotopic (exact) mass is 572 g/mol. The molecule has 39 heavy (non-hydrogen) atoms. The van der Waals surface area contributed by atoms with Crippen molar-refractivity contribution in [2.45, 2.75) is 139 Å². The molecule has 0 saturated heterocycles. The summed E-state index contributed by atoms with van der Waals surface area (Å²) in [7, 11) is -2.15. The minimum absolute atomic E-state index is 0.393. The van der Waals surface area contributed by atoms with Gasteiger partial charge in [-0.2, -0.15) is 0 Å². The molecule has 0 heterocycles. The van der Waals surface area contributed by atoms with Crippen LogP contribution < -0.4 is 0 Å². The van der Waals surface area contributed by atoms with Crippen molar-refractivity contribution in [3.8, 4) is 0 Å². The summed E-state index contributed by atoms with van der Waals surface area (Å²) in [6, 6.07) is 2.21. The van der Waals surface area contributed by atoms with E-state index in [0.717, 1.165) is 25.3 Å². The second-order valence-electron chi connectivity index (χ2n) is 11.7. The number of hydrogen-bond acceptors (Lipinski definition) is 5. The van der Waals surface area contributed by atoms with Gasteiger partial charge >= 0.3 is 8.56 Å². The molecule has 0 aromatic rings. The molecule has 0 N–H and O–H groups in total. The van der Waals surface area contributed by atoms with Crippen LogP contribution in [0.1, 0.15) is 127 Å². The Hall–Kier alpha value is 0.0169. The Morgan fingerprint density at radius 1 is 0.487 bits per heavy atom. The van der Waals surface area contributed by atoms with Crippen LogP contribution in [0.3, 0.4) is 0 Å². The van der Waals surface area contributed by atoms with Gasteiger partial charge in [0.15, 0.2) is 0 Å². The van der Waals surface area contributed by atoms with E-state index in [1.807, 2.05) is 0 Å². The average molecular weight is 572 g/mol. The molecule has 0 aliphatic heterocycles. The predicted molar refractivity (Wildman–Crippen MR) is 176 cm³/mol. The highest BCUT2D eigenvalue weighted by Crippen LogP contribution is 2.42. The van der Waals surface area contributed by atoms with Crippen LogP contribution in [-0.2, 0) is 8.85 Å². The first kappa shape index (κ1) is 39.0. The molecule has 0 aromatic carbocycles. The molecule has 0 aliphatic carbocycles. The highest BCUT2D eigenvalue weighted by molar-refractivity contribution is 6.67. The SMILES string of the molecule is CCCN(CC)CCCC(CCCN(CC)CCC)(CCCN(CC)CCC)CC[Si](CC)(OCC)OCC. The van der Waals surface area contributed by atoms with E-state index in [1.54, 1.807) is 0 Å². The highest BCUT2D eigenvalue weighted by atomic mass is 28.4. The van der Waals surface area contributed by atoms with E-state index in [-0.39, 0.29) is 0 Å². The third-order valence-corrected chi connectivity index (χ3v) is 12.6. The minimum atomic E-state index is -2.15. The zero-order valence-corrected chi connectivity index (χ0v) is 29.4. The van der Waals surface area contributed by atoms with Crippen LogP contribution >= 0.6 is 0 Å². The van der Waals surface area contributed by atoms with Crippen molar-refractivity contribution in [1.29, 1.82) is 0 Å². The maximum atomic E-state index is 6.48. The Labute approximate surface area is 248 Å². The summed E-state index contributed by atoms with van der Waals surface area (Å²) in [6.07, 6.45) is 13.0. The molecule has 0 aromatic heterocycles. The molecule has 0 rings (SSSR count). The molecule has 0 unspecified atom stereocenters. The third-order valence-electron chi connectivity index (χ3n) is 8.90. The average Bonchev–Trinajstić information content (AvgIpc) is 2.94. The molecule has 0 bridgehead atoms. The van der Waals surface area contributed by atoms with Crippen molar-refractivity contribution in [3.05, 3.63) is 0 Å². The Balaban J connectivity index is 5.90. The summed E-state index contributed by atoms with van der Waals surface area (Å²) in [5, 5.41) is 0. The standard InChI is InChI=1S/C33H73N3O2Si/c1-10-26-34(13-4)29-19-22-33(23-20-30-35(14-5)27-11-2,24-21-31-36(15-6)28-12-3)25-32-39(18-9,37-16-7)38-17-8/h10-32H2,1-9H3. The molecule has 236 valence electrons. The van der Waals surface area contributed by atoms with Crippen molar-refractivity contribution >= 4 is 8.56 Å². The van der Waals surface area contributed by atoms with Crippen LogP contribution in [0.4, 0.5) is 0 Å². The molecule has 0 fully saturated rings. The van der Waals surface area contributed by atoms with Crippen LogP contribution in [0.2, 0.25) is 12.1 Å². The Bertz CT molecular complexity index is 481.